The number of nitrogens with one attached hydrogen (secondary N) is 3. The van der Waals surface area contributed by atoms with Gasteiger partial charge in [-0.15, -0.1) is 0 Å². The Morgan fingerprint density at radius 2 is 1.78 bits per heavy atom. The van der Waals surface area contributed by atoms with Crippen molar-refractivity contribution in [1.82, 2.24) is 5.32 Å². The Hall–Kier alpha value is -3.17. The maximum Gasteiger partial charge on any atom is 0.250 e. The molecule has 3 aromatic carbocycles. The molecule has 1 spiro atoms. The summed E-state index contributed by atoms with van der Waals surface area (Å²) >= 11 is 18.7. The number of nitrogens with two attached hydrogens (primary N) is 1. The minimum atomic E-state index is -1.38. The fourth-order valence-electron chi connectivity index (χ4n) is 6.16. The predicted molar refractivity (Wildman–Crippen MR) is 159 cm³/mol. The second kappa shape index (κ2) is 10.6. The maximum absolute atomic E-state index is 15.9. The van der Waals surface area contributed by atoms with E-state index in [9.17, 15) is 14.4 Å². The molecule has 2 aliphatic heterocycles. The Balaban J connectivity index is 1.69. The summed E-state index contributed by atoms with van der Waals surface area (Å²) < 4.78 is 15.9. The number of carbonyl (C=O) groups excluding carboxylic acids is 3. The van der Waals surface area contributed by atoms with Crippen molar-refractivity contribution in [3.63, 3.8) is 0 Å². The monoisotopic (exact) mass is 616 g/mol. The van der Waals surface area contributed by atoms with Crippen LogP contribution >= 0.6 is 34.8 Å². The zero-order valence-electron chi connectivity index (χ0n) is 22.4. The first-order valence-electron chi connectivity index (χ1n) is 13.0. The van der Waals surface area contributed by atoms with Gasteiger partial charge >= 0.3 is 0 Å². The van der Waals surface area contributed by atoms with Gasteiger partial charge in [0.15, 0.2) is 0 Å². The van der Waals surface area contributed by atoms with Crippen LogP contribution in [0.1, 0.15) is 54.6 Å². The van der Waals surface area contributed by atoms with E-state index in [-0.39, 0.29) is 32.5 Å². The molecule has 1 unspecified atom stereocenters. The fraction of sp³-hybridized carbons (Fsp3) is 0.300. The average molecular weight is 618 g/mol. The summed E-state index contributed by atoms with van der Waals surface area (Å²) in [6, 6.07) is 12.3. The number of primary amides is 1. The quantitative estimate of drug-likeness (QED) is 0.270. The van der Waals surface area contributed by atoms with Gasteiger partial charge in [-0.1, -0.05) is 73.8 Å². The third kappa shape index (κ3) is 5.07. The second-order valence-corrected chi connectivity index (χ2v) is 12.9. The van der Waals surface area contributed by atoms with Crippen LogP contribution in [0, 0.1) is 11.2 Å². The molecule has 5 rings (SSSR count). The van der Waals surface area contributed by atoms with Crippen molar-refractivity contribution in [2.45, 2.75) is 50.6 Å². The molecule has 1 fully saturated rings. The van der Waals surface area contributed by atoms with Crippen LogP contribution < -0.4 is 21.7 Å². The molecule has 214 valence electrons. The van der Waals surface area contributed by atoms with Crippen LogP contribution in [0.2, 0.25) is 15.1 Å². The Bertz CT molecular complexity index is 1590. The smallest absolute Gasteiger partial charge is 0.250 e. The molecule has 5 N–H and O–H groups in total. The van der Waals surface area contributed by atoms with Crippen molar-refractivity contribution in [3.05, 3.63) is 92.2 Å². The van der Waals surface area contributed by atoms with Crippen LogP contribution in [0.15, 0.2) is 54.6 Å². The van der Waals surface area contributed by atoms with Gasteiger partial charge in [-0.25, -0.2) is 4.39 Å². The molecule has 0 saturated carbocycles. The molecule has 0 aliphatic carbocycles. The molecule has 4 atom stereocenters. The molecule has 0 radical (unpaired) electrons. The van der Waals surface area contributed by atoms with E-state index in [1.807, 2.05) is 20.8 Å². The van der Waals surface area contributed by atoms with Crippen molar-refractivity contribution in [2.24, 2.45) is 11.1 Å². The third-order valence-corrected chi connectivity index (χ3v) is 8.56. The van der Waals surface area contributed by atoms with Gasteiger partial charge in [0, 0.05) is 28.4 Å². The number of fused-ring (bicyclic) bond motifs is 2. The summed E-state index contributed by atoms with van der Waals surface area (Å²) in [6.45, 7) is 6.09. The maximum atomic E-state index is 15.9. The first-order valence-corrected chi connectivity index (χ1v) is 14.1. The Morgan fingerprint density at radius 1 is 1.05 bits per heavy atom. The van der Waals surface area contributed by atoms with Crippen LogP contribution in [0.3, 0.4) is 0 Å². The van der Waals surface area contributed by atoms with Gasteiger partial charge < -0.3 is 21.7 Å². The van der Waals surface area contributed by atoms with E-state index in [1.54, 1.807) is 30.3 Å². The topological polar surface area (TPSA) is 113 Å². The summed E-state index contributed by atoms with van der Waals surface area (Å²) in [4.78, 5) is 39.8. The molecular formula is C30H28Cl3FN4O3. The first kappa shape index (κ1) is 29.3. The molecule has 3 amide bonds. The van der Waals surface area contributed by atoms with Crippen LogP contribution in [0.5, 0.6) is 0 Å². The third-order valence-electron chi connectivity index (χ3n) is 7.72. The minimum Gasteiger partial charge on any atom is -0.366 e. The van der Waals surface area contributed by atoms with Gasteiger partial charge in [-0.3, -0.25) is 14.4 Å². The highest BCUT2D eigenvalue weighted by atomic mass is 35.5. The van der Waals surface area contributed by atoms with E-state index in [0.717, 1.165) is 0 Å². The van der Waals surface area contributed by atoms with Crippen molar-refractivity contribution in [2.75, 3.05) is 10.6 Å². The normalized spacial score (nSPS) is 23.4. The standard InChI is InChI=1S/C30H28Cl3FN4O3/c1-29(2,3)13-22-30(18-10-7-14(31)11-21(18)37-28(30)41)23(17-5-4-6-19(32)24(17)34)25(38-22)27(40)36-15-8-9-16(26(35)39)20(33)12-15/h4-12,22-23,25,38H,13H2,1-3H3,(H2,35,39)(H,36,40)(H,37,41)/t22-,23+,25+,30?/m1/s1. The van der Waals surface area contributed by atoms with Crippen LogP contribution in [-0.2, 0) is 15.0 Å². The van der Waals surface area contributed by atoms with Gasteiger partial charge in [0.2, 0.25) is 17.7 Å². The molecule has 3 aromatic rings. The summed E-state index contributed by atoms with van der Waals surface area (Å²) in [5, 5.41) is 9.53. The van der Waals surface area contributed by atoms with Gasteiger partial charge in [0.25, 0.3) is 0 Å². The fourth-order valence-corrected chi connectivity index (χ4v) is 6.79. The van der Waals surface area contributed by atoms with E-state index < -0.39 is 41.0 Å². The first-order chi connectivity index (χ1) is 19.2. The number of hydrogen-bond donors (Lipinski definition) is 4. The molecule has 2 heterocycles. The number of hydrogen-bond acceptors (Lipinski definition) is 4. The number of halogens is 4. The minimum absolute atomic E-state index is 0.0650. The Morgan fingerprint density at radius 3 is 2.44 bits per heavy atom. The van der Waals surface area contributed by atoms with E-state index in [1.165, 1.54) is 24.3 Å². The number of benzene rings is 3. The van der Waals surface area contributed by atoms with E-state index in [4.69, 9.17) is 40.5 Å². The highest BCUT2D eigenvalue weighted by molar-refractivity contribution is 6.34. The molecular weight excluding hydrogens is 590 g/mol. The van der Waals surface area contributed by atoms with Crippen molar-refractivity contribution in [3.8, 4) is 0 Å². The summed E-state index contributed by atoms with van der Waals surface area (Å²) in [7, 11) is 0. The van der Waals surface area contributed by atoms with Crippen LogP contribution in [0.25, 0.3) is 0 Å². The van der Waals surface area contributed by atoms with E-state index in [0.29, 0.717) is 28.4 Å². The van der Waals surface area contributed by atoms with Gasteiger partial charge in [-0.2, -0.15) is 0 Å². The van der Waals surface area contributed by atoms with Crippen molar-refractivity contribution in [1.29, 1.82) is 0 Å². The Labute approximate surface area is 251 Å². The SMILES string of the molecule is CC(C)(C)C[C@H]1N[C@H](C(=O)Nc2ccc(C(N)=O)c(Cl)c2)[C@H](c2cccc(Cl)c2F)C12C(=O)Nc1cc(Cl)ccc12. The van der Waals surface area contributed by atoms with E-state index in [2.05, 4.69) is 16.0 Å². The molecule has 0 bridgehead atoms. The van der Waals surface area contributed by atoms with Gasteiger partial charge in [0.05, 0.1) is 21.7 Å². The van der Waals surface area contributed by atoms with E-state index >= 15 is 4.39 Å². The molecule has 7 nitrogen and oxygen atoms in total. The summed E-state index contributed by atoms with van der Waals surface area (Å²) in [5.41, 5.74) is 5.34. The van der Waals surface area contributed by atoms with Gasteiger partial charge in [0.1, 0.15) is 11.2 Å². The summed E-state index contributed by atoms with van der Waals surface area (Å²) in [5.74, 6) is -3.32. The summed E-state index contributed by atoms with van der Waals surface area (Å²) in [6.07, 6.45) is 0.476. The molecule has 0 aromatic heterocycles. The number of amides is 3. The van der Waals surface area contributed by atoms with Crippen molar-refractivity contribution >= 4 is 63.9 Å². The lowest BCUT2D eigenvalue weighted by Gasteiger charge is -2.37. The lowest BCUT2D eigenvalue weighted by Crippen LogP contribution is -2.49. The van der Waals surface area contributed by atoms with Gasteiger partial charge in [-0.05, 0) is 59.4 Å². The lowest BCUT2D eigenvalue weighted by molar-refractivity contribution is -0.122. The second-order valence-electron chi connectivity index (χ2n) is 11.6. The highest BCUT2D eigenvalue weighted by Crippen LogP contribution is 2.57. The highest BCUT2D eigenvalue weighted by Gasteiger charge is 2.66. The predicted octanol–water partition coefficient (Wildman–Crippen LogP) is 6.27. The molecule has 1 saturated heterocycles. The van der Waals surface area contributed by atoms with Crippen LogP contribution in [-0.4, -0.2) is 29.8 Å². The zero-order valence-corrected chi connectivity index (χ0v) is 24.7. The average Bonchev–Trinajstić information content (AvgIpc) is 3.34. The molecule has 11 heteroatoms. The van der Waals surface area contributed by atoms with Crippen molar-refractivity contribution < 1.29 is 18.8 Å². The zero-order chi connectivity index (χ0) is 29.9. The number of rotatable bonds is 5. The number of anilines is 2. The molecule has 41 heavy (non-hydrogen) atoms. The lowest BCUT2D eigenvalue weighted by atomic mass is 9.62. The Kier molecular flexibility index (Phi) is 7.57. The van der Waals surface area contributed by atoms with Crippen LogP contribution in [0.4, 0.5) is 15.8 Å². The molecule has 2 aliphatic rings. The number of carbonyl (C=O) groups is 3. The largest absolute Gasteiger partial charge is 0.366 e.